The summed E-state index contributed by atoms with van der Waals surface area (Å²) in [4.78, 5) is 4.39. The third-order valence-electron chi connectivity index (χ3n) is 4.08. The van der Waals surface area contributed by atoms with E-state index in [9.17, 15) is 0 Å². The van der Waals surface area contributed by atoms with Crippen LogP contribution in [0.25, 0.3) is 0 Å². The largest absolute Gasteiger partial charge is 0.305 e. The number of hydrogen-bond donors (Lipinski definition) is 0. The third-order valence-corrected chi connectivity index (χ3v) is 4.08. The van der Waals surface area contributed by atoms with Crippen molar-refractivity contribution in [3.63, 3.8) is 0 Å². The highest BCUT2D eigenvalue weighted by Gasteiger charge is 2.34. The van der Waals surface area contributed by atoms with Crippen molar-refractivity contribution in [1.82, 2.24) is 9.80 Å². The fraction of sp³-hybridized carbons (Fsp3) is 0.533. The summed E-state index contributed by atoms with van der Waals surface area (Å²) in [5, 5.41) is 9.13. The molecule has 1 aromatic rings. The summed E-state index contributed by atoms with van der Waals surface area (Å²) in [7, 11) is 0. The monoisotopic (exact) mass is 243 g/mol. The van der Waals surface area contributed by atoms with Crippen LogP contribution in [0.3, 0.4) is 0 Å². The van der Waals surface area contributed by atoms with E-state index >= 15 is 0 Å². The Morgan fingerprint density at radius 3 is 2.44 bits per heavy atom. The first-order chi connectivity index (χ1) is 8.63. The van der Waals surface area contributed by atoms with Crippen molar-refractivity contribution in [2.75, 3.05) is 6.54 Å². The Hall–Kier alpha value is -1.53. The Bertz CT molecular complexity index is 423. The van der Waals surface area contributed by atoms with Crippen molar-refractivity contribution >= 4 is 0 Å². The van der Waals surface area contributed by atoms with E-state index in [1.54, 1.807) is 0 Å². The summed E-state index contributed by atoms with van der Waals surface area (Å²) >= 11 is 0. The van der Waals surface area contributed by atoms with Crippen molar-refractivity contribution < 1.29 is 0 Å². The van der Waals surface area contributed by atoms with E-state index in [-0.39, 0.29) is 6.04 Å². The Labute approximate surface area is 110 Å². The lowest BCUT2D eigenvalue weighted by atomic mass is 10.00. The fourth-order valence-corrected chi connectivity index (χ4v) is 2.72. The SMILES string of the molecule is CC1C(C)N(Cc2ccccc2)C(C)CN1C#N. The van der Waals surface area contributed by atoms with Crippen LogP contribution in [0.15, 0.2) is 30.3 Å². The molecule has 3 atom stereocenters. The molecule has 0 saturated carbocycles. The molecule has 2 rings (SSSR count). The van der Waals surface area contributed by atoms with E-state index < -0.39 is 0 Å². The van der Waals surface area contributed by atoms with Gasteiger partial charge in [0.25, 0.3) is 0 Å². The molecule has 1 aliphatic heterocycles. The molecule has 0 aliphatic carbocycles. The van der Waals surface area contributed by atoms with Crippen molar-refractivity contribution in [2.24, 2.45) is 0 Å². The Balaban J connectivity index is 2.11. The summed E-state index contributed by atoms with van der Waals surface area (Å²) in [5.41, 5.74) is 1.34. The van der Waals surface area contributed by atoms with Crippen molar-refractivity contribution in [2.45, 2.75) is 45.4 Å². The predicted octanol–water partition coefficient (Wildman–Crippen LogP) is 2.45. The average Bonchev–Trinajstić information content (AvgIpc) is 2.40. The van der Waals surface area contributed by atoms with E-state index in [0.717, 1.165) is 13.1 Å². The summed E-state index contributed by atoms with van der Waals surface area (Å²) < 4.78 is 0. The van der Waals surface area contributed by atoms with Gasteiger partial charge in [-0.1, -0.05) is 30.3 Å². The number of nitrogens with zero attached hydrogens (tertiary/aromatic N) is 3. The highest BCUT2D eigenvalue weighted by atomic mass is 15.3. The smallest absolute Gasteiger partial charge is 0.179 e. The van der Waals surface area contributed by atoms with Gasteiger partial charge in [-0.3, -0.25) is 4.90 Å². The van der Waals surface area contributed by atoms with Crippen LogP contribution in [-0.4, -0.2) is 34.5 Å². The topological polar surface area (TPSA) is 30.3 Å². The van der Waals surface area contributed by atoms with Gasteiger partial charge < -0.3 is 4.90 Å². The van der Waals surface area contributed by atoms with Gasteiger partial charge in [-0.2, -0.15) is 5.26 Å². The molecule has 1 saturated heterocycles. The Kier molecular flexibility index (Phi) is 3.88. The van der Waals surface area contributed by atoms with Gasteiger partial charge in [0.05, 0.1) is 6.04 Å². The van der Waals surface area contributed by atoms with Crippen LogP contribution in [0, 0.1) is 11.5 Å². The van der Waals surface area contributed by atoms with Crippen molar-refractivity contribution in [1.29, 1.82) is 5.26 Å². The molecule has 1 aliphatic rings. The van der Waals surface area contributed by atoms with Crippen LogP contribution >= 0.6 is 0 Å². The Morgan fingerprint density at radius 1 is 1.17 bits per heavy atom. The lowest BCUT2D eigenvalue weighted by Crippen LogP contribution is -2.59. The van der Waals surface area contributed by atoms with Gasteiger partial charge in [0.15, 0.2) is 6.19 Å². The average molecular weight is 243 g/mol. The fourth-order valence-electron chi connectivity index (χ4n) is 2.72. The second-order valence-corrected chi connectivity index (χ2v) is 5.24. The molecule has 0 N–H and O–H groups in total. The highest BCUT2D eigenvalue weighted by Crippen LogP contribution is 2.23. The van der Waals surface area contributed by atoms with E-state index in [1.165, 1.54) is 5.56 Å². The zero-order chi connectivity index (χ0) is 13.1. The lowest BCUT2D eigenvalue weighted by molar-refractivity contribution is 0.0213. The molecule has 1 aromatic carbocycles. The highest BCUT2D eigenvalue weighted by molar-refractivity contribution is 5.15. The van der Waals surface area contributed by atoms with Gasteiger partial charge in [-0.05, 0) is 26.3 Å². The lowest BCUT2D eigenvalue weighted by Gasteiger charge is -2.46. The standard InChI is InChI=1S/C15H21N3/c1-12-9-17(11-16)13(2)14(3)18(12)10-15-7-5-4-6-8-15/h4-8,12-14H,9-10H2,1-3H3. The molecule has 0 radical (unpaired) electrons. The number of hydrogen-bond acceptors (Lipinski definition) is 3. The van der Waals surface area contributed by atoms with Crippen LogP contribution in [-0.2, 0) is 6.54 Å². The van der Waals surface area contributed by atoms with Gasteiger partial charge in [0.2, 0.25) is 0 Å². The molecule has 3 unspecified atom stereocenters. The molecular formula is C15H21N3. The second-order valence-electron chi connectivity index (χ2n) is 5.24. The first kappa shape index (κ1) is 12.9. The number of nitriles is 1. The van der Waals surface area contributed by atoms with E-state index in [1.807, 2.05) is 11.0 Å². The van der Waals surface area contributed by atoms with Crippen LogP contribution in [0.4, 0.5) is 0 Å². The maximum atomic E-state index is 9.13. The van der Waals surface area contributed by atoms with Crippen molar-refractivity contribution in [3.05, 3.63) is 35.9 Å². The normalized spacial score (nSPS) is 29.0. The van der Waals surface area contributed by atoms with Gasteiger partial charge in [0.1, 0.15) is 0 Å². The van der Waals surface area contributed by atoms with Crippen LogP contribution in [0.5, 0.6) is 0 Å². The van der Waals surface area contributed by atoms with Crippen LogP contribution < -0.4 is 0 Å². The first-order valence-corrected chi connectivity index (χ1v) is 6.59. The minimum absolute atomic E-state index is 0.287. The summed E-state index contributed by atoms with van der Waals surface area (Å²) in [5.74, 6) is 0. The molecule has 0 bridgehead atoms. The van der Waals surface area contributed by atoms with Crippen LogP contribution in [0.2, 0.25) is 0 Å². The van der Waals surface area contributed by atoms with Gasteiger partial charge in [-0.25, -0.2) is 0 Å². The Morgan fingerprint density at radius 2 is 1.83 bits per heavy atom. The van der Waals surface area contributed by atoms with Crippen LogP contribution in [0.1, 0.15) is 26.3 Å². The number of rotatable bonds is 2. The summed E-state index contributed by atoms with van der Waals surface area (Å²) in [6.45, 7) is 8.35. The molecule has 0 amide bonds. The number of benzene rings is 1. The van der Waals surface area contributed by atoms with Gasteiger partial charge in [-0.15, -0.1) is 0 Å². The minimum Gasteiger partial charge on any atom is -0.305 e. The maximum Gasteiger partial charge on any atom is 0.179 e. The first-order valence-electron chi connectivity index (χ1n) is 6.59. The third kappa shape index (κ3) is 2.49. The molecule has 0 aromatic heterocycles. The molecule has 3 nitrogen and oxygen atoms in total. The second kappa shape index (κ2) is 5.41. The maximum absolute atomic E-state index is 9.13. The zero-order valence-electron chi connectivity index (χ0n) is 11.4. The van der Waals surface area contributed by atoms with E-state index in [4.69, 9.17) is 5.26 Å². The molecule has 3 heteroatoms. The predicted molar refractivity (Wildman–Crippen MR) is 72.7 cm³/mol. The molecule has 96 valence electrons. The molecular weight excluding hydrogens is 222 g/mol. The zero-order valence-corrected chi connectivity index (χ0v) is 11.4. The van der Waals surface area contributed by atoms with E-state index in [2.05, 4.69) is 56.1 Å². The molecule has 0 spiro atoms. The summed E-state index contributed by atoms with van der Waals surface area (Å²) in [6.07, 6.45) is 2.31. The van der Waals surface area contributed by atoms with Crippen molar-refractivity contribution in [3.8, 4) is 6.19 Å². The quantitative estimate of drug-likeness (QED) is 0.747. The van der Waals surface area contributed by atoms with E-state index in [0.29, 0.717) is 12.1 Å². The van der Waals surface area contributed by atoms with Gasteiger partial charge >= 0.3 is 0 Å². The van der Waals surface area contributed by atoms with Gasteiger partial charge in [0, 0.05) is 25.2 Å². The molecule has 1 heterocycles. The molecule has 18 heavy (non-hydrogen) atoms. The number of piperazine rings is 1. The minimum atomic E-state index is 0.287. The molecule has 1 fully saturated rings. The summed E-state index contributed by atoms with van der Waals surface area (Å²) in [6, 6.07) is 11.6.